The lowest BCUT2D eigenvalue weighted by Gasteiger charge is -2.26. The van der Waals surface area contributed by atoms with Crippen molar-refractivity contribution < 1.29 is 27.4 Å². The van der Waals surface area contributed by atoms with Crippen LogP contribution in [0.1, 0.15) is 6.92 Å². The Labute approximate surface area is 133 Å². The molecule has 122 valence electrons. The third kappa shape index (κ3) is 4.33. The van der Waals surface area contributed by atoms with Crippen LogP contribution >= 0.6 is 11.6 Å². The minimum Gasteiger partial charge on any atom is -0.457 e. The molecule has 2 rings (SSSR count). The Balaban J connectivity index is 2.19. The number of esters is 1. The van der Waals surface area contributed by atoms with E-state index < -0.39 is 16.0 Å². The summed E-state index contributed by atoms with van der Waals surface area (Å²) in [6.45, 7) is 2.23. The maximum atomic E-state index is 12.5. The number of carbonyl (C=O) groups excluding carboxylic acids is 1. The second-order valence-corrected chi connectivity index (χ2v) is 6.91. The van der Waals surface area contributed by atoms with Gasteiger partial charge >= 0.3 is 5.97 Å². The topological polar surface area (TPSA) is 82.1 Å². The van der Waals surface area contributed by atoms with Crippen LogP contribution in [0.3, 0.4) is 0 Å². The van der Waals surface area contributed by atoms with Gasteiger partial charge in [0.15, 0.2) is 0 Å². The molecule has 1 aliphatic rings. The molecule has 0 spiro atoms. The van der Waals surface area contributed by atoms with Crippen molar-refractivity contribution in [1.82, 2.24) is 4.31 Å². The molecule has 1 saturated heterocycles. The van der Waals surface area contributed by atoms with Crippen molar-refractivity contribution in [1.29, 1.82) is 0 Å². The normalized spacial score (nSPS) is 16.3. The molecule has 7 nitrogen and oxygen atoms in total. The van der Waals surface area contributed by atoms with E-state index in [0.29, 0.717) is 26.3 Å². The second-order valence-electron chi connectivity index (χ2n) is 4.54. The quantitative estimate of drug-likeness (QED) is 0.588. The number of morpholine rings is 1. The fourth-order valence-electron chi connectivity index (χ4n) is 1.89. The molecule has 0 radical (unpaired) electrons. The predicted octanol–water partition coefficient (Wildman–Crippen LogP) is 1.26. The minimum absolute atomic E-state index is 0.0275. The van der Waals surface area contributed by atoms with Crippen LogP contribution in [0.15, 0.2) is 23.1 Å². The molecule has 0 aliphatic carbocycles. The third-order valence-electron chi connectivity index (χ3n) is 2.94. The largest absolute Gasteiger partial charge is 0.457 e. The first-order valence-corrected chi connectivity index (χ1v) is 8.36. The Bertz CT molecular complexity index is 642. The van der Waals surface area contributed by atoms with Crippen molar-refractivity contribution in [3.8, 4) is 5.75 Å². The summed E-state index contributed by atoms with van der Waals surface area (Å²) in [4.78, 5) is 10.7. The number of carbonyl (C=O) groups is 1. The van der Waals surface area contributed by atoms with E-state index in [2.05, 4.69) is 4.74 Å². The zero-order chi connectivity index (χ0) is 16.2. The lowest BCUT2D eigenvalue weighted by molar-refractivity contribution is -0.147. The summed E-state index contributed by atoms with van der Waals surface area (Å²) in [5, 5.41) is 0.215. The van der Waals surface area contributed by atoms with Gasteiger partial charge in [0.05, 0.1) is 18.1 Å². The van der Waals surface area contributed by atoms with E-state index in [1.165, 1.54) is 29.4 Å². The Hall–Kier alpha value is -1.35. The van der Waals surface area contributed by atoms with E-state index in [4.69, 9.17) is 21.1 Å². The lowest BCUT2D eigenvalue weighted by Crippen LogP contribution is -2.40. The number of benzene rings is 1. The summed E-state index contributed by atoms with van der Waals surface area (Å²) >= 11 is 5.94. The highest BCUT2D eigenvalue weighted by molar-refractivity contribution is 7.89. The Morgan fingerprint density at radius 3 is 2.64 bits per heavy atom. The van der Waals surface area contributed by atoms with E-state index in [0.717, 1.165) is 0 Å². The first kappa shape index (κ1) is 17.0. The van der Waals surface area contributed by atoms with Crippen molar-refractivity contribution in [3.05, 3.63) is 23.2 Å². The summed E-state index contributed by atoms with van der Waals surface area (Å²) in [5.41, 5.74) is 0. The van der Waals surface area contributed by atoms with Gasteiger partial charge in [-0.3, -0.25) is 4.79 Å². The molecule has 1 heterocycles. The van der Waals surface area contributed by atoms with Crippen LogP contribution in [0.25, 0.3) is 0 Å². The van der Waals surface area contributed by atoms with E-state index >= 15 is 0 Å². The molecule has 0 bridgehead atoms. The first-order valence-electron chi connectivity index (χ1n) is 6.54. The number of ether oxygens (including phenoxy) is 3. The molecule has 0 amide bonds. The van der Waals surface area contributed by atoms with Gasteiger partial charge in [-0.1, -0.05) is 11.6 Å². The molecular weight excluding hydrogens is 334 g/mol. The molecule has 1 aromatic carbocycles. The molecule has 9 heteroatoms. The fourth-order valence-corrected chi connectivity index (χ4v) is 3.64. The SMILES string of the molecule is CC(=O)OCOc1cc(Cl)cc(S(=O)(=O)N2CCOCC2)c1. The van der Waals surface area contributed by atoms with Gasteiger partial charge < -0.3 is 14.2 Å². The maximum absolute atomic E-state index is 12.5. The van der Waals surface area contributed by atoms with Crippen LogP contribution in [-0.4, -0.2) is 51.8 Å². The molecule has 1 aliphatic heterocycles. The number of hydrogen-bond donors (Lipinski definition) is 0. The monoisotopic (exact) mass is 349 g/mol. The average Bonchev–Trinajstić information content (AvgIpc) is 2.47. The van der Waals surface area contributed by atoms with Crippen molar-refractivity contribution in [3.63, 3.8) is 0 Å². The maximum Gasteiger partial charge on any atom is 0.305 e. The fraction of sp³-hybridized carbons (Fsp3) is 0.462. The second kappa shape index (κ2) is 7.28. The van der Waals surface area contributed by atoms with Crippen LogP contribution in [0.4, 0.5) is 0 Å². The number of sulfonamides is 1. The van der Waals surface area contributed by atoms with Crippen molar-refractivity contribution in [2.24, 2.45) is 0 Å². The van der Waals surface area contributed by atoms with Gasteiger partial charge in [0, 0.05) is 31.1 Å². The summed E-state index contributed by atoms with van der Waals surface area (Å²) in [7, 11) is -3.67. The third-order valence-corrected chi connectivity index (χ3v) is 5.04. The standard InChI is InChI=1S/C13H16ClNO6S/c1-10(16)20-9-21-12-6-11(14)7-13(8-12)22(17,18)15-2-4-19-5-3-15/h6-8H,2-5,9H2,1H3. The van der Waals surface area contributed by atoms with E-state index in [9.17, 15) is 13.2 Å². The van der Waals surface area contributed by atoms with Gasteiger partial charge in [-0.2, -0.15) is 4.31 Å². The van der Waals surface area contributed by atoms with Crippen molar-refractivity contribution in [2.45, 2.75) is 11.8 Å². The summed E-state index contributed by atoms with van der Waals surface area (Å²) in [6, 6.07) is 4.15. The van der Waals surface area contributed by atoms with Crippen LogP contribution < -0.4 is 4.74 Å². The number of rotatable bonds is 5. The predicted molar refractivity (Wildman–Crippen MR) is 78.3 cm³/mol. The van der Waals surface area contributed by atoms with Crippen molar-refractivity contribution >= 4 is 27.6 Å². The number of hydrogen-bond acceptors (Lipinski definition) is 6. The molecule has 0 atom stereocenters. The van der Waals surface area contributed by atoms with Gasteiger partial charge in [0.2, 0.25) is 16.8 Å². The highest BCUT2D eigenvalue weighted by Crippen LogP contribution is 2.26. The smallest absolute Gasteiger partial charge is 0.305 e. The summed E-state index contributed by atoms with van der Waals surface area (Å²) in [6.07, 6.45) is 0. The molecular formula is C13H16ClNO6S. The van der Waals surface area contributed by atoms with Crippen LogP contribution in [0.5, 0.6) is 5.75 Å². The first-order chi connectivity index (χ1) is 10.4. The molecule has 1 aromatic rings. The molecule has 1 fully saturated rings. The van der Waals surface area contributed by atoms with Gasteiger partial charge in [0.25, 0.3) is 0 Å². The van der Waals surface area contributed by atoms with Crippen LogP contribution in [-0.2, 0) is 24.3 Å². The van der Waals surface area contributed by atoms with Gasteiger partial charge in [-0.25, -0.2) is 8.42 Å². The minimum atomic E-state index is -3.67. The van der Waals surface area contributed by atoms with Crippen LogP contribution in [0, 0.1) is 0 Å². The molecule has 0 aromatic heterocycles. The molecule has 0 unspecified atom stereocenters. The molecule has 0 N–H and O–H groups in total. The number of halogens is 1. The zero-order valence-electron chi connectivity index (χ0n) is 12.0. The highest BCUT2D eigenvalue weighted by Gasteiger charge is 2.27. The van der Waals surface area contributed by atoms with E-state index in [1.54, 1.807) is 0 Å². The summed E-state index contributed by atoms with van der Waals surface area (Å²) in [5.74, 6) is -0.288. The number of nitrogens with zero attached hydrogens (tertiary/aromatic N) is 1. The Morgan fingerprint density at radius 1 is 1.32 bits per heavy atom. The van der Waals surface area contributed by atoms with Crippen molar-refractivity contribution in [2.75, 3.05) is 33.1 Å². The van der Waals surface area contributed by atoms with E-state index in [1.807, 2.05) is 0 Å². The Kier molecular flexibility index (Phi) is 5.63. The van der Waals surface area contributed by atoms with Crippen LogP contribution in [0.2, 0.25) is 5.02 Å². The Morgan fingerprint density at radius 2 is 2.00 bits per heavy atom. The average molecular weight is 350 g/mol. The zero-order valence-corrected chi connectivity index (χ0v) is 13.5. The van der Waals surface area contributed by atoms with E-state index in [-0.39, 0.29) is 22.5 Å². The highest BCUT2D eigenvalue weighted by atomic mass is 35.5. The summed E-state index contributed by atoms with van der Waals surface area (Å²) < 4.78 is 41.4. The molecule has 22 heavy (non-hydrogen) atoms. The lowest BCUT2D eigenvalue weighted by atomic mass is 10.3. The van der Waals surface area contributed by atoms with Gasteiger partial charge in [0.1, 0.15) is 5.75 Å². The molecule has 0 saturated carbocycles. The van der Waals surface area contributed by atoms with Gasteiger partial charge in [-0.05, 0) is 12.1 Å². The van der Waals surface area contributed by atoms with Gasteiger partial charge in [-0.15, -0.1) is 0 Å².